The fraction of sp³-hybridized carbons (Fsp3) is 0. The van der Waals surface area contributed by atoms with E-state index in [1.807, 2.05) is 24.3 Å². The van der Waals surface area contributed by atoms with Gasteiger partial charge in [-0.2, -0.15) is 5.26 Å². The second-order valence-electron chi connectivity index (χ2n) is 4.21. The lowest BCUT2D eigenvalue weighted by atomic mass is 10.0. The fourth-order valence-electron chi connectivity index (χ4n) is 1.97. The van der Waals surface area contributed by atoms with E-state index < -0.39 is 0 Å². The molecule has 0 saturated carbocycles. The van der Waals surface area contributed by atoms with Crippen LogP contribution in [0.2, 0.25) is 0 Å². The maximum atomic E-state index is 9.34. The molecule has 0 aromatic carbocycles. The highest BCUT2D eigenvalue weighted by Gasteiger charge is 2.08. The highest BCUT2D eigenvalue weighted by Crippen LogP contribution is 2.25. The van der Waals surface area contributed by atoms with Crippen LogP contribution < -0.4 is 0 Å². The molecule has 3 heterocycles. The quantitative estimate of drug-likeness (QED) is 0.708. The van der Waals surface area contributed by atoms with E-state index in [2.05, 4.69) is 21.0 Å². The lowest BCUT2D eigenvalue weighted by Gasteiger charge is -2.06. The first-order valence-corrected chi connectivity index (χ1v) is 6.09. The van der Waals surface area contributed by atoms with Gasteiger partial charge in [0.25, 0.3) is 0 Å². The van der Waals surface area contributed by atoms with Crippen LogP contribution >= 0.6 is 0 Å². The predicted octanol–water partition coefficient (Wildman–Crippen LogP) is 3.08. The van der Waals surface area contributed by atoms with Gasteiger partial charge < -0.3 is 0 Å². The van der Waals surface area contributed by atoms with Crippen molar-refractivity contribution in [3.63, 3.8) is 0 Å². The Labute approximate surface area is 116 Å². The largest absolute Gasteiger partial charge is 0.264 e. The van der Waals surface area contributed by atoms with Crippen LogP contribution in [0.25, 0.3) is 22.4 Å². The summed E-state index contributed by atoms with van der Waals surface area (Å²) in [5.74, 6) is 0. The second-order valence-corrected chi connectivity index (χ2v) is 4.21. The van der Waals surface area contributed by atoms with E-state index >= 15 is 0 Å². The van der Waals surface area contributed by atoms with E-state index in [0.717, 1.165) is 22.4 Å². The summed E-state index contributed by atoms with van der Waals surface area (Å²) in [6.45, 7) is 0. The Bertz CT molecular complexity index is 761. The average Bonchev–Trinajstić information content (AvgIpc) is 2.56. The molecule has 4 nitrogen and oxygen atoms in total. The molecule has 0 atom stereocenters. The molecule has 0 fully saturated rings. The highest BCUT2D eigenvalue weighted by molar-refractivity contribution is 5.72. The number of hydrogen-bond acceptors (Lipinski definition) is 4. The second kappa shape index (κ2) is 5.29. The topological polar surface area (TPSA) is 62.5 Å². The van der Waals surface area contributed by atoms with Gasteiger partial charge in [-0.15, -0.1) is 0 Å². The van der Waals surface area contributed by atoms with E-state index in [-0.39, 0.29) is 0 Å². The van der Waals surface area contributed by atoms with Crippen LogP contribution in [0.1, 0.15) is 5.56 Å². The lowest BCUT2D eigenvalue weighted by molar-refractivity contribution is 1.26. The number of nitriles is 1. The van der Waals surface area contributed by atoms with Crippen LogP contribution in [-0.2, 0) is 0 Å². The third-order valence-electron chi connectivity index (χ3n) is 2.95. The monoisotopic (exact) mass is 258 g/mol. The molecule has 3 aromatic heterocycles. The van der Waals surface area contributed by atoms with Crippen molar-refractivity contribution in [1.29, 1.82) is 5.26 Å². The van der Waals surface area contributed by atoms with Crippen molar-refractivity contribution in [3.8, 4) is 28.5 Å². The van der Waals surface area contributed by atoms with Gasteiger partial charge in [0.05, 0.1) is 17.3 Å². The van der Waals surface area contributed by atoms with Gasteiger partial charge >= 0.3 is 0 Å². The first-order valence-electron chi connectivity index (χ1n) is 6.09. The SMILES string of the molecule is N#Cc1cc(-c2cccnc2)ncc1-c1cccnc1. The van der Waals surface area contributed by atoms with E-state index in [1.165, 1.54) is 0 Å². The van der Waals surface area contributed by atoms with Gasteiger partial charge in [0, 0.05) is 47.7 Å². The molecule has 0 spiro atoms. The Morgan fingerprint density at radius 2 is 1.60 bits per heavy atom. The minimum absolute atomic E-state index is 0.576. The molecule has 0 N–H and O–H groups in total. The molecule has 0 aliphatic heterocycles. The summed E-state index contributed by atoms with van der Waals surface area (Å²) in [6, 6.07) is 11.5. The Morgan fingerprint density at radius 1 is 0.900 bits per heavy atom. The molecule has 0 aliphatic carbocycles. The summed E-state index contributed by atoms with van der Waals surface area (Å²) in [5, 5.41) is 9.34. The number of rotatable bonds is 2. The molecule has 0 aliphatic rings. The summed E-state index contributed by atoms with van der Waals surface area (Å²) in [6.07, 6.45) is 8.57. The van der Waals surface area contributed by atoms with Crippen LogP contribution in [0.4, 0.5) is 0 Å². The Balaban J connectivity index is 2.11. The van der Waals surface area contributed by atoms with Crippen molar-refractivity contribution >= 4 is 0 Å². The molecule has 3 rings (SSSR count). The van der Waals surface area contributed by atoms with Crippen molar-refractivity contribution in [2.45, 2.75) is 0 Å². The lowest BCUT2D eigenvalue weighted by Crippen LogP contribution is -1.91. The zero-order valence-electron chi connectivity index (χ0n) is 10.6. The van der Waals surface area contributed by atoms with Gasteiger partial charge in [-0.05, 0) is 24.3 Å². The van der Waals surface area contributed by atoms with Crippen molar-refractivity contribution in [1.82, 2.24) is 15.0 Å². The smallest absolute Gasteiger partial charge is 0.0999 e. The zero-order valence-corrected chi connectivity index (χ0v) is 10.6. The van der Waals surface area contributed by atoms with E-state index in [9.17, 15) is 5.26 Å². The average molecular weight is 258 g/mol. The highest BCUT2D eigenvalue weighted by atomic mass is 14.7. The predicted molar refractivity (Wildman–Crippen MR) is 75.4 cm³/mol. The summed E-state index contributed by atoms with van der Waals surface area (Å²) in [7, 11) is 0. The van der Waals surface area contributed by atoms with Crippen LogP contribution in [0.3, 0.4) is 0 Å². The summed E-state index contributed by atoms with van der Waals surface area (Å²) >= 11 is 0. The summed E-state index contributed by atoms with van der Waals surface area (Å²) in [5.41, 5.74) is 3.87. The van der Waals surface area contributed by atoms with Crippen LogP contribution in [0.15, 0.2) is 61.3 Å². The molecule has 0 radical (unpaired) electrons. The van der Waals surface area contributed by atoms with Crippen molar-refractivity contribution in [2.75, 3.05) is 0 Å². The van der Waals surface area contributed by atoms with Crippen molar-refractivity contribution in [2.24, 2.45) is 0 Å². The molecule has 0 bridgehead atoms. The maximum Gasteiger partial charge on any atom is 0.0999 e. The molecule has 4 heteroatoms. The molecular weight excluding hydrogens is 248 g/mol. The van der Waals surface area contributed by atoms with Crippen molar-refractivity contribution in [3.05, 3.63) is 66.9 Å². The fourth-order valence-corrected chi connectivity index (χ4v) is 1.97. The number of aromatic nitrogens is 3. The van der Waals surface area contributed by atoms with Gasteiger partial charge in [0.15, 0.2) is 0 Å². The van der Waals surface area contributed by atoms with Gasteiger partial charge in [-0.3, -0.25) is 15.0 Å². The summed E-state index contributed by atoms with van der Waals surface area (Å²) in [4.78, 5) is 12.5. The van der Waals surface area contributed by atoms with E-state index in [1.54, 1.807) is 37.1 Å². The number of nitrogens with zero attached hydrogens (tertiary/aromatic N) is 4. The Hall–Kier alpha value is -3.06. The van der Waals surface area contributed by atoms with Gasteiger partial charge in [0.2, 0.25) is 0 Å². The molecule has 0 amide bonds. The minimum atomic E-state index is 0.576. The van der Waals surface area contributed by atoms with Crippen LogP contribution in [0.5, 0.6) is 0 Å². The molecule has 0 unspecified atom stereocenters. The van der Waals surface area contributed by atoms with Gasteiger partial charge in [0.1, 0.15) is 0 Å². The number of pyridine rings is 3. The first-order chi connectivity index (χ1) is 9.88. The van der Waals surface area contributed by atoms with E-state index in [0.29, 0.717) is 5.56 Å². The summed E-state index contributed by atoms with van der Waals surface area (Å²) < 4.78 is 0. The third-order valence-corrected chi connectivity index (χ3v) is 2.95. The van der Waals surface area contributed by atoms with Crippen LogP contribution in [0, 0.1) is 11.3 Å². The van der Waals surface area contributed by atoms with E-state index in [4.69, 9.17) is 0 Å². The molecule has 94 valence electrons. The zero-order chi connectivity index (χ0) is 13.8. The Morgan fingerprint density at radius 3 is 2.20 bits per heavy atom. The van der Waals surface area contributed by atoms with Crippen molar-refractivity contribution < 1.29 is 0 Å². The molecular formula is C16H10N4. The third kappa shape index (κ3) is 2.25. The van der Waals surface area contributed by atoms with Crippen LogP contribution in [-0.4, -0.2) is 15.0 Å². The molecule has 20 heavy (non-hydrogen) atoms. The first kappa shape index (κ1) is 12.0. The molecule has 3 aromatic rings. The van der Waals surface area contributed by atoms with Gasteiger partial charge in [-0.25, -0.2) is 0 Å². The number of hydrogen-bond donors (Lipinski definition) is 0. The normalized spacial score (nSPS) is 9.95. The van der Waals surface area contributed by atoms with Gasteiger partial charge in [-0.1, -0.05) is 6.07 Å². The maximum absolute atomic E-state index is 9.34. The standard InChI is InChI=1S/C16H10N4/c17-8-14-7-16(13-4-2-6-19-10-13)20-11-15(14)12-3-1-5-18-9-12/h1-7,9-11H. The molecule has 0 saturated heterocycles. The Kier molecular flexibility index (Phi) is 3.17. The minimum Gasteiger partial charge on any atom is -0.264 e.